The summed E-state index contributed by atoms with van der Waals surface area (Å²) in [4.78, 5) is 28.1. The number of hydrogen-bond donors (Lipinski definition) is 1. The predicted molar refractivity (Wildman–Crippen MR) is 131 cm³/mol. The number of nitrogens with zero attached hydrogens (tertiary/aromatic N) is 1. The number of amides is 1. The largest absolute Gasteiger partial charge is 0.507 e. The summed E-state index contributed by atoms with van der Waals surface area (Å²) in [7, 11) is 0. The van der Waals surface area contributed by atoms with E-state index in [4.69, 9.17) is 14.2 Å². The van der Waals surface area contributed by atoms with Gasteiger partial charge in [0.05, 0.1) is 18.2 Å². The van der Waals surface area contributed by atoms with Crippen LogP contribution in [0, 0.1) is 0 Å². The maximum atomic E-state index is 13.3. The van der Waals surface area contributed by atoms with Gasteiger partial charge in [0.2, 0.25) is 6.79 Å². The Balaban J connectivity index is 1.66. The molecule has 1 fully saturated rings. The predicted octanol–water partition coefficient (Wildman–Crippen LogP) is 5.00. The zero-order chi connectivity index (χ0) is 24.5. The number of hydrogen-bond acceptors (Lipinski definition) is 6. The number of ether oxygens (including phenoxy) is 3. The fraction of sp³-hybridized carbons (Fsp3) is 0.214. The van der Waals surface area contributed by atoms with Gasteiger partial charge in [0, 0.05) is 17.3 Å². The van der Waals surface area contributed by atoms with Crippen LogP contribution in [0.25, 0.3) is 5.76 Å². The number of Topliss-reactive ketones (excluding diaryl/α,β-unsaturated/α-hetero) is 1. The Hall–Kier alpha value is -4.26. The topological polar surface area (TPSA) is 85.3 Å². The number of fused-ring (bicyclic) bond motifs is 1. The van der Waals surface area contributed by atoms with Gasteiger partial charge in [-0.1, -0.05) is 43.3 Å². The number of carbonyl (C=O) groups is 2. The maximum absolute atomic E-state index is 13.3. The average molecular weight is 472 g/mol. The summed E-state index contributed by atoms with van der Waals surface area (Å²) >= 11 is 0. The zero-order valence-electron chi connectivity index (χ0n) is 19.5. The van der Waals surface area contributed by atoms with Gasteiger partial charge < -0.3 is 19.3 Å². The third-order valence-electron chi connectivity index (χ3n) is 6.22. The molecule has 3 aromatic rings. The van der Waals surface area contributed by atoms with Crippen LogP contribution in [0.2, 0.25) is 0 Å². The van der Waals surface area contributed by atoms with Crippen molar-refractivity contribution >= 4 is 23.1 Å². The number of aliphatic hydroxyl groups excluding tert-OH is 1. The number of rotatable bonds is 6. The minimum Gasteiger partial charge on any atom is -0.507 e. The van der Waals surface area contributed by atoms with E-state index in [9.17, 15) is 14.7 Å². The normalized spacial score (nSPS) is 18.2. The number of ketones is 1. The van der Waals surface area contributed by atoms with Gasteiger partial charge in [0.1, 0.15) is 11.5 Å². The zero-order valence-corrected chi connectivity index (χ0v) is 19.5. The Kier molecular flexibility index (Phi) is 5.91. The summed E-state index contributed by atoms with van der Waals surface area (Å²) in [6.45, 7) is 4.54. The van der Waals surface area contributed by atoms with Crippen LogP contribution in [0.15, 0.2) is 72.3 Å². The first kappa shape index (κ1) is 22.5. The Morgan fingerprint density at radius 1 is 0.971 bits per heavy atom. The van der Waals surface area contributed by atoms with Crippen LogP contribution in [-0.2, 0) is 16.0 Å². The summed E-state index contributed by atoms with van der Waals surface area (Å²) < 4.78 is 16.4. The molecule has 2 aliphatic rings. The molecule has 5 rings (SSSR count). The Morgan fingerprint density at radius 3 is 2.37 bits per heavy atom. The molecule has 3 aromatic carbocycles. The van der Waals surface area contributed by atoms with E-state index in [0.717, 1.165) is 12.0 Å². The second-order valence-electron chi connectivity index (χ2n) is 8.26. The van der Waals surface area contributed by atoms with Crippen LogP contribution in [0.5, 0.6) is 17.2 Å². The second-order valence-corrected chi connectivity index (χ2v) is 8.26. The van der Waals surface area contributed by atoms with Crippen molar-refractivity contribution in [1.29, 1.82) is 0 Å². The molecule has 0 spiro atoms. The van der Waals surface area contributed by atoms with E-state index in [1.54, 1.807) is 54.6 Å². The van der Waals surface area contributed by atoms with E-state index in [0.29, 0.717) is 40.7 Å². The number of anilines is 1. The lowest BCUT2D eigenvalue weighted by atomic mass is 9.94. The molecular weight excluding hydrogens is 446 g/mol. The van der Waals surface area contributed by atoms with Crippen molar-refractivity contribution in [3.63, 3.8) is 0 Å². The molecule has 1 atom stereocenters. The van der Waals surface area contributed by atoms with Crippen LogP contribution in [0.1, 0.15) is 36.6 Å². The van der Waals surface area contributed by atoms with Crippen LogP contribution < -0.4 is 19.1 Å². The molecule has 0 bridgehead atoms. The van der Waals surface area contributed by atoms with Gasteiger partial charge in [-0.2, -0.15) is 0 Å². The molecule has 7 heteroatoms. The molecule has 1 unspecified atom stereocenters. The van der Waals surface area contributed by atoms with Crippen molar-refractivity contribution in [1.82, 2.24) is 0 Å². The lowest BCUT2D eigenvalue weighted by Crippen LogP contribution is -2.29. The molecule has 0 aromatic heterocycles. The first-order chi connectivity index (χ1) is 17.0. The van der Waals surface area contributed by atoms with Crippen LogP contribution in [0.3, 0.4) is 0 Å². The van der Waals surface area contributed by atoms with Crippen molar-refractivity contribution in [2.75, 3.05) is 18.3 Å². The molecule has 2 aliphatic heterocycles. The van der Waals surface area contributed by atoms with Crippen molar-refractivity contribution in [3.05, 3.63) is 89.0 Å². The van der Waals surface area contributed by atoms with Gasteiger partial charge in [-0.05, 0) is 48.7 Å². The van der Waals surface area contributed by atoms with Crippen molar-refractivity contribution < 1.29 is 28.9 Å². The first-order valence-corrected chi connectivity index (χ1v) is 11.5. The summed E-state index contributed by atoms with van der Waals surface area (Å²) in [6.07, 6.45) is 0.849. The van der Waals surface area contributed by atoms with Crippen LogP contribution >= 0.6 is 0 Å². The smallest absolute Gasteiger partial charge is 0.300 e. The first-order valence-electron chi connectivity index (χ1n) is 11.5. The van der Waals surface area contributed by atoms with Crippen LogP contribution in [0.4, 0.5) is 5.69 Å². The van der Waals surface area contributed by atoms with E-state index in [-0.39, 0.29) is 18.1 Å². The number of benzene rings is 3. The highest BCUT2D eigenvalue weighted by Gasteiger charge is 2.47. The monoisotopic (exact) mass is 471 g/mol. The fourth-order valence-electron chi connectivity index (χ4n) is 4.42. The SMILES string of the molecule is CCOc1ccc(C2/C(=C(\O)c3ccc(CC)cc3)C(=O)C(=O)N2c2ccc3c(c2)OCO3)cc1. The van der Waals surface area contributed by atoms with E-state index < -0.39 is 17.7 Å². The highest BCUT2D eigenvalue weighted by Crippen LogP contribution is 2.45. The Labute approximate surface area is 203 Å². The van der Waals surface area contributed by atoms with Gasteiger partial charge in [0.25, 0.3) is 11.7 Å². The number of aryl methyl sites for hydroxylation is 1. The molecule has 0 radical (unpaired) electrons. The Bertz CT molecular complexity index is 1310. The third kappa shape index (κ3) is 3.99. The molecule has 1 N–H and O–H groups in total. The van der Waals surface area contributed by atoms with E-state index in [1.165, 1.54) is 4.90 Å². The molecule has 178 valence electrons. The van der Waals surface area contributed by atoms with Crippen molar-refractivity contribution in [2.24, 2.45) is 0 Å². The van der Waals surface area contributed by atoms with E-state index in [2.05, 4.69) is 0 Å². The lowest BCUT2D eigenvalue weighted by Gasteiger charge is -2.25. The lowest BCUT2D eigenvalue weighted by molar-refractivity contribution is -0.132. The molecule has 7 nitrogen and oxygen atoms in total. The maximum Gasteiger partial charge on any atom is 0.300 e. The van der Waals surface area contributed by atoms with Gasteiger partial charge in [0.15, 0.2) is 11.5 Å². The molecule has 1 amide bonds. The Morgan fingerprint density at radius 2 is 1.69 bits per heavy atom. The van der Waals surface area contributed by atoms with Crippen LogP contribution in [-0.4, -0.2) is 30.2 Å². The van der Waals surface area contributed by atoms with Gasteiger partial charge in [-0.15, -0.1) is 0 Å². The van der Waals surface area contributed by atoms with Gasteiger partial charge in [-0.25, -0.2) is 0 Å². The summed E-state index contributed by atoms with van der Waals surface area (Å²) in [5.74, 6) is 0.0385. The minimum atomic E-state index is -0.836. The second kappa shape index (κ2) is 9.18. The fourth-order valence-corrected chi connectivity index (χ4v) is 4.42. The summed E-state index contributed by atoms with van der Waals surface area (Å²) in [5, 5.41) is 11.3. The molecule has 1 saturated heterocycles. The molecule has 2 heterocycles. The number of carbonyl (C=O) groups excluding carboxylic acids is 2. The highest BCUT2D eigenvalue weighted by atomic mass is 16.7. The van der Waals surface area contributed by atoms with E-state index in [1.807, 2.05) is 26.0 Å². The third-order valence-corrected chi connectivity index (χ3v) is 6.22. The van der Waals surface area contributed by atoms with Gasteiger partial charge >= 0.3 is 0 Å². The molecule has 0 saturated carbocycles. The van der Waals surface area contributed by atoms with Gasteiger partial charge in [-0.3, -0.25) is 14.5 Å². The minimum absolute atomic E-state index is 0.0288. The summed E-state index contributed by atoms with van der Waals surface area (Å²) in [5.41, 5.74) is 2.74. The molecular formula is C28H25NO6. The van der Waals surface area contributed by atoms with Crippen molar-refractivity contribution in [2.45, 2.75) is 26.3 Å². The van der Waals surface area contributed by atoms with Crippen molar-refractivity contribution in [3.8, 4) is 17.2 Å². The van der Waals surface area contributed by atoms with E-state index >= 15 is 0 Å². The highest BCUT2D eigenvalue weighted by molar-refractivity contribution is 6.51. The quantitative estimate of drug-likeness (QED) is 0.309. The molecule has 0 aliphatic carbocycles. The average Bonchev–Trinajstić information content (AvgIpc) is 3.46. The number of aliphatic hydroxyl groups is 1. The standard InChI is InChI=1S/C28H25NO6/c1-3-17-5-7-19(8-6-17)26(30)24-25(18-9-12-21(13-10-18)33-4-2)29(28(32)27(24)31)20-11-14-22-23(15-20)35-16-34-22/h5-15,25,30H,3-4,16H2,1-2H3/b26-24+. The summed E-state index contributed by atoms with van der Waals surface area (Å²) in [6, 6.07) is 18.7. The molecule has 35 heavy (non-hydrogen) atoms.